The summed E-state index contributed by atoms with van der Waals surface area (Å²) in [5.74, 6) is -1.79. The maximum atomic E-state index is 15.3. The first kappa shape index (κ1) is 25.8. The van der Waals surface area contributed by atoms with E-state index >= 15 is 4.39 Å². The van der Waals surface area contributed by atoms with Crippen molar-refractivity contribution in [3.8, 4) is 39.5 Å². The van der Waals surface area contributed by atoms with Crippen molar-refractivity contribution < 1.29 is 33.0 Å². The van der Waals surface area contributed by atoms with Crippen LogP contribution in [0.4, 0.5) is 4.39 Å². The lowest BCUT2D eigenvalue weighted by atomic mass is 9.98. The van der Waals surface area contributed by atoms with Crippen molar-refractivity contribution in [3.63, 3.8) is 0 Å². The topological polar surface area (TPSA) is 78.9 Å². The molecule has 0 unspecified atom stereocenters. The maximum absolute atomic E-state index is 15.3. The SMILES string of the molecule is C=CC(=O)Oc1ccc(-c2cc(OC(=O)C(=C)C)c(-c3ccc(OC(=O)C(=C)C)cc3)cc2F)cc1. The highest BCUT2D eigenvalue weighted by Gasteiger charge is 2.18. The Morgan fingerprint density at radius 1 is 0.722 bits per heavy atom. The quantitative estimate of drug-likeness (QED) is 0.214. The van der Waals surface area contributed by atoms with E-state index < -0.39 is 23.7 Å². The van der Waals surface area contributed by atoms with E-state index in [1.807, 2.05) is 0 Å². The lowest BCUT2D eigenvalue weighted by Crippen LogP contribution is -2.09. The fourth-order valence-corrected chi connectivity index (χ4v) is 3.03. The van der Waals surface area contributed by atoms with Crippen LogP contribution in [0.5, 0.6) is 17.2 Å². The van der Waals surface area contributed by atoms with E-state index in [-0.39, 0.29) is 34.0 Å². The molecule has 0 radical (unpaired) electrons. The summed E-state index contributed by atoms with van der Waals surface area (Å²) in [5, 5.41) is 0. The molecule has 0 saturated heterocycles. The Labute approximate surface area is 207 Å². The number of halogens is 1. The van der Waals surface area contributed by atoms with Crippen molar-refractivity contribution in [3.05, 3.63) is 103 Å². The Morgan fingerprint density at radius 2 is 1.19 bits per heavy atom. The van der Waals surface area contributed by atoms with Crippen molar-refractivity contribution in [2.24, 2.45) is 0 Å². The van der Waals surface area contributed by atoms with Crippen molar-refractivity contribution in [1.29, 1.82) is 0 Å². The molecule has 0 aliphatic rings. The molecule has 3 aromatic rings. The van der Waals surface area contributed by atoms with Gasteiger partial charge in [0.1, 0.15) is 23.1 Å². The Balaban J connectivity index is 2.01. The van der Waals surface area contributed by atoms with Gasteiger partial charge in [0.15, 0.2) is 0 Å². The first-order valence-electron chi connectivity index (χ1n) is 10.7. The van der Waals surface area contributed by atoms with Crippen molar-refractivity contribution in [2.75, 3.05) is 0 Å². The van der Waals surface area contributed by atoms with Gasteiger partial charge in [-0.2, -0.15) is 0 Å². The van der Waals surface area contributed by atoms with Gasteiger partial charge < -0.3 is 14.2 Å². The van der Waals surface area contributed by atoms with Crippen LogP contribution in [0.15, 0.2) is 97.6 Å². The summed E-state index contributed by atoms with van der Waals surface area (Å²) in [6.07, 6.45) is 1.03. The van der Waals surface area contributed by atoms with Crippen LogP contribution in [0.25, 0.3) is 22.3 Å². The van der Waals surface area contributed by atoms with E-state index in [1.54, 1.807) is 24.3 Å². The third-order valence-electron chi connectivity index (χ3n) is 4.90. The molecule has 0 fully saturated rings. The molecular formula is C29H23FO6. The summed E-state index contributed by atoms with van der Waals surface area (Å²) in [5.41, 5.74) is 1.87. The summed E-state index contributed by atoms with van der Waals surface area (Å²) >= 11 is 0. The summed E-state index contributed by atoms with van der Waals surface area (Å²) in [6.45, 7) is 13.5. The molecular weight excluding hydrogens is 463 g/mol. The molecule has 0 atom stereocenters. The zero-order chi connectivity index (χ0) is 26.4. The van der Waals surface area contributed by atoms with Gasteiger partial charge in [-0.3, -0.25) is 0 Å². The van der Waals surface area contributed by atoms with Crippen LogP contribution in [-0.2, 0) is 14.4 Å². The lowest BCUT2D eigenvalue weighted by molar-refractivity contribution is -0.130. The van der Waals surface area contributed by atoms with E-state index in [2.05, 4.69) is 19.7 Å². The smallest absolute Gasteiger partial charge is 0.338 e. The highest BCUT2D eigenvalue weighted by atomic mass is 19.1. The van der Waals surface area contributed by atoms with Gasteiger partial charge in [0, 0.05) is 28.3 Å². The fourth-order valence-electron chi connectivity index (χ4n) is 3.03. The van der Waals surface area contributed by atoms with E-state index in [1.165, 1.54) is 50.2 Å². The van der Waals surface area contributed by atoms with Gasteiger partial charge in [0.2, 0.25) is 0 Å². The summed E-state index contributed by atoms with van der Waals surface area (Å²) in [4.78, 5) is 35.4. The van der Waals surface area contributed by atoms with Crippen LogP contribution in [0.2, 0.25) is 0 Å². The minimum absolute atomic E-state index is 0.105. The Bertz CT molecular complexity index is 1370. The van der Waals surface area contributed by atoms with Gasteiger partial charge in [0.25, 0.3) is 0 Å². The van der Waals surface area contributed by atoms with E-state index in [0.29, 0.717) is 16.7 Å². The number of esters is 3. The minimum atomic E-state index is -0.674. The fraction of sp³-hybridized carbons (Fsp3) is 0.0690. The number of rotatable bonds is 8. The Hall–Kier alpha value is -4.78. The van der Waals surface area contributed by atoms with Gasteiger partial charge >= 0.3 is 17.9 Å². The monoisotopic (exact) mass is 486 g/mol. The summed E-state index contributed by atoms with van der Waals surface area (Å²) < 4.78 is 31.0. The number of benzene rings is 3. The predicted molar refractivity (Wildman–Crippen MR) is 134 cm³/mol. The normalized spacial score (nSPS) is 10.2. The molecule has 7 heteroatoms. The second-order valence-corrected chi connectivity index (χ2v) is 7.84. The zero-order valence-electron chi connectivity index (χ0n) is 19.8. The lowest BCUT2D eigenvalue weighted by Gasteiger charge is -2.14. The van der Waals surface area contributed by atoms with E-state index in [9.17, 15) is 14.4 Å². The average Bonchev–Trinajstić information content (AvgIpc) is 2.85. The summed E-state index contributed by atoms with van der Waals surface area (Å²) in [7, 11) is 0. The van der Waals surface area contributed by atoms with Gasteiger partial charge in [-0.15, -0.1) is 0 Å². The molecule has 0 amide bonds. The minimum Gasteiger partial charge on any atom is -0.423 e. The van der Waals surface area contributed by atoms with Crippen LogP contribution < -0.4 is 14.2 Å². The van der Waals surface area contributed by atoms with Crippen molar-refractivity contribution >= 4 is 17.9 Å². The highest BCUT2D eigenvalue weighted by Crippen LogP contribution is 2.38. The van der Waals surface area contributed by atoms with E-state index in [4.69, 9.17) is 14.2 Å². The molecule has 3 aromatic carbocycles. The van der Waals surface area contributed by atoms with Gasteiger partial charge in [0.05, 0.1) is 0 Å². The zero-order valence-corrected chi connectivity index (χ0v) is 19.8. The van der Waals surface area contributed by atoms with Crippen LogP contribution >= 0.6 is 0 Å². The molecule has 0 aliphatic heterocycles. The van der Waals surface area contributed by atoms with Crippen LogP contribution in [-0.4, -0.2) is 17.9 Å². The molecule has 0 aromatic heterocycles. The number of ether oxygens (including phenoxy) is 3. The van der Waals surface area contributed by atoms with Crippen LogP contribution in [0.3, 0.4) is 0 Å². The third-order valence-corrected chi connectivity index (χ3v) is 4.90. The largest absolute Gasteiger partial charge is 0.423 e. The number of hydrogen-bond acceptors (Lipinski definition) is 6. The Kier molecular flexibility index (Phi) is 7.96. The number of carbonyl (C=O) groups excluding carboxylic acids is 3. The molecule has 0 spiro atoms. The number of hydrogen-bond donors (Lipinski definition) is 0. The average molecular weight is 486 g/mol. The van der Waals surface area contributed by atoms with Crippen molar-refractivity contribution in [1.82, 2.24) is 0 Å². The maximum Gasteiger partial charge on any atom is 0.338 e. The number of carbonyl (C=O) groups is 3. The molecule has 3 rings (SSSR count). The molecule has 0 N–H and O–H groups in total. The third kappa shape index (κ3) is 6.21. The summed E-state index contributed by atoms with van der Waals surface area (Å²) in [6, 6.07) is 15.1. The van der Waals surface area contributed by atoms with Gasteiger partial charge in [-0.1, -0.05) is 44.0 Å². The molecule has 0 bridgehead atoms. The molecule has 0 heterocycles. The predicted octanol–water partition coefficient (Wildman–Crippen LogP) is 6.21. The molecule has 36 heavy (non-hydrogen) atoms. The van der Waals surface area contributed by atoms with E-state index in [0.717, 1.165) is 6.08 Å². The first-order valence-corrected chi connectivity index (χ1v) is 10.7. The second-order valence-electron chi connectivity index (χ2n) is 7.84. The standard InChI is InChI=1S/C29H23FO6/c1-6-27(31)34-21-11-7-19(8-12-21)23-16-26(36-29(33)18(4)5)24(15-25(23)30)20-9-13-22(14-10-20)35-28(32)17(2)3/h6-16H,1-2,4H2,3,5H3. The molecule has 6 nitrogen and oxygen atoms in total. The van der Waals surface area contributed by atoms with Crippen molar-refractivity contribution in [2.45, 2.75) is 13.8 Å². The second kappa shape index (κ2) is 11.1. The molecule has 0 saturated carbocycles. The van der Waals surface area contributed by atoms with Crippen LogP contribution in [0, 0.1) is 5.82 Å². The van der Waals surface area contributed by atoms with Gasteiger partial charge in [-0.25, -0.2) is 18.8 Å². The first-order chi connectivity index (χ1) is 17.1. The van der Waals surface area contributed by atoms with Gasteiger partial charge in [-0.05, 0) is 61.4 Å². The van der Waals surface area contributed by atoms with Crippen LogP contribution in [0.1, 0.15) is 13.8 Å². The Morgan fingerprint density at radius 3 is 1.69 bits per heavy atom. The molecule has 182 valence electrons. The molecule has 0 aliphatic carbocycles. The highest BCUT2D eigenvalue weighted by molar-refractivity contribution is 5.91.